The second kappa shape index (κ2) is 9.11. The van der Waals surface area contributed by atoms with Crippen LogP contribution < -0.4 is 0 Å². The summed E-state index contributed by atoms with van der Waals surface area (Å²) >= 11 is 0. The van der Waals surface area contributed by atoms with E-state index in [1.54, 1.807) is 0 Å². The molecule has 4 fully saturated rings. The van der Waals surface area contributed by atoms with Gasteiger partial charge < -0.3 is 4.74 Å². The van der Waals surface area contributed by atoms with Crippen LogP contribution in [-0.4, -0.2) is 12.6 Å². The molecule has 2 nitrogen and oxygen atoms in total. The zero-order chi connectivity index (χ0) is 18.5. The standard InChI is InChI=1S/C24H42O2/c1-3-5-6-7-8-13-23-14-17-24(18-15-23,19-16-23)21-11-9-20(10-12-21)22(25)26-4-2/h20-21H,3-19H2,1-2H3. The van der Waals surface area contributed by atoms with Crippen molar-refractivity contribution in [1.29, 1.82) is 0 Å². The summed E-state index contributed by atoms with van der Waals surface area (Å²) in [6, 6.07) is 0. The van der Waals surface area contributed by atoms with Gasteiger partial charge in [0.25, 0.3) is 0 Å². The quantitative estimate of drug-likeness (QED) is 0.324. The smallest absolute Gasteiger partial charge is 0.308 e. The van der Waals surface area contributed by atoms with E-state index in [0.29, 0.717) is 12.0 Å². The molecule has 4 saturated carbocycles. The fourth-order valence-electron chi connectivity index (χ4n) is 6.58. The Kier molecular flexibility index (Phi) is 7.08. The van der Waals surface area contributed by atoms with Crippen molar-refractivity contribution in [2.24, 2.45) is 22.7 Å². The number of ether oxygens (including phenoxy) is 1. The van der Waals surface area contributed by atoms with Crippen LogP contribution >= 0.6 is 0 Å². The Bertz CT molecular complexity index is 423. The Morgan fingerprint density at radius 3 is 2.04 bits per heavy atom. The van der Waals surface area contributed by atoms with Crippen LogP contribution in [-0.2, 0) is 9.53 Å². The fourth-order valence-corrected chi connectivity index (χ4v) is 6.58. The number of carbonyl (C=O) groups is 1. The molecule has 0 aromatic carbocycles. The van der Waals surface area contributed by atoms with Crippen molar-refractivity contribution in [3.05, 3.63) is 0 Å². The first kappa shape index (κ1) is 20.2. The van der Waals surface area contributed by atoms with E-state index >= 15 is 0 Å². The summed E-state index contributed by atoms with van der Waals surface area (Å²) in [5.41, 5.74) is 1.36. The first-order valence-corrected chi connectivity index (χ1v) is 11.8. The maximum atomic E-state index is 12.0. The summed E-state index contributed by atoms with van der Waals surface area (Å²) in [5, 5.41) is 0. The van der Waals surface area contributed by atoms with Crippen LogP contribution in [0.4, 0.5) is 0 Å². The Morgan fingerprint density at radius 2 is 1.46 bits per heavy atom. The van der Waals surface area contributed by atoms with Crippen molar-refractivity contribution < 1.29 is 9.53 Å². The molecule has 26 heavy (non-hydrogen) atoms. The minimum absolute atomic E-state index is 0.0674. The second-order valence-electron chi connectivity index (χ2n) is 9.83. The van der Waals surface area contributed by atoms with Gasteiger partial charge in [0, 0.05) is 0 Å². The van der Waals surface area contributed by atoms with E-state index in [-0.39, 0.29) is 11.9 Å². The van der Waals surface area contributed by atoms with Crippen molar-refractivity contribution >= 4 is 5.97 Å². The van der Waals surface area contributed by atoms with Crippen LogP contribution in [0.1, 0.15) is 117 Å². The molecule has 4 aliphatic carbocycles. The van der Waals surface area contributed by atoms with Crippen LogP contribution in [0.3, 0.4) is 0 Å². The van der Waals surface area contributed by atoms with E-state index in [0.717, 1.165) is 24.2 Å². The van der Waals surface area contributed by atoms with Gasteiger partial charge in [0.05, 0.1) is 12.5 Å². The first-order valence-electron chi connectivity index (χ1n) is 11.8. The molecule has 0 unspecified atom stereocenters. The van der Waals surface area contributed by atoms with Gasteiger partial charge in [-0.25, -0.2) is 0 Å². The number of fused-ring (bicyclic) bond motifs is 3. The Morgan fingerprint density at radius 1 is 0.846 bits per heavy atom. The molecule has 0 heterocycles. The Balaban J connectivity index is 1.44. The average molecular weight is 363 g/mol. The number of unbranched alkanes of at least 4 members (excludes halogenated alkanes) is 4. The third-order valence-electron chi connectivity index (χ3n) is 8.48. The maximum absolute atomic E-state index is 12.0. The van der Waals surface area contributed by atoms with Crippen LogP contribution in [0.5, 0.6) is 0 Å². The maximum Gasteiger partial charge on any atom is 0.308 e. The lowest BCUT2D eigenvalue weighted by molar-refractivity contribution is -0.150. The van der Waals surface area contributed by atoms with Gasteiger partial charge in [0.15, 0.2) is 0 Å². The molecular formula is C24H42O2. The molecule has 150 valence electrons. The monoisotopic (exact) mass is 362 g/mol. The number of carbonyl (C=O) groups excluding carboxylic acids is 1. The van der Waals surface area contributed by atoms with Gasteiger partial charge >= 0.3 is 5.97 Å². The van der Waals surface area contributed by atoms with E-state index in [4.69, 9.17) is 4.74 Å². The van der Waals surface area contributed by atoms with Crippen LogP contribution in [0.25, 0.3) is 0 Å². The zero-order valence-corrected chi connectivity index (χ0v) is 17.5. The van der Waals surface area contributed by atoms with E-state index in [9.17, 15) is 4.79 Å². The van der Waals surface area contributed by atoms with Crippen molar-refractivity contribution in [1.82, 2.24) is 0 Å². The minimum atomic E-state index is 0.0674. The first-order chi connectivity index (χ1) is 12.6. The van der Waals surface area contributed by atoms with Crippen molar-refractivity contribution in [2.75, 3.05) is 6.61 Å². The van der Waals surface area contributed by atoms with Gasteiger partial charge in [-0.05, 0) is 94.3 Å². The van der Waals surface area contributed by atoms with Gasteiger partial charge in [-0.3, -0.25) is 4.79 Å². The fraction of sp³-hybridized carbons (Fsp3) is 0.958. The SMILES string of the molecule is CCCCCCCC12CCC(C3CCC(C(=O)OCC)CC3)(CC1)CC2. The molecule has 0 aromatic rings. The lowest BCUT2D eigenvalue weighted by atomic mass is 9.47. The highest BCUT2D eigenvalue weighted by atomic mass is 16.5. The molecule has 0 saturated heterocycles. The van der Waals surface area contributed by atoms with E-state index in [2.05, 4.69) is 6.92 Å². The summed E-state index contributed by atoms with van der Waals surface area (Å²) in [7, 11) is 0. The molecule has 0 N–H and O–H groups in total. The predicted molar refractivity (Wildman–Crippen MR) is 108 cm³/mol. The summed E-state index contributed by atoms with van der Waals surface area (Å²) in [5.74, 6) is 1.14. The summed E-state index contributed by atoms with van der Waals surface area (Å²) in [6.45, 7) is 4.76. The normalized spacial score (nSPS) is 36.8. The molecule has 0 amide bonds. The molecule has 0 spiro atoms. The molecule has 4 aliphatic rings. The Hall–Kier alpha value is -0.530. The molecule has 0 aliphatic heterocycles. The van der Waals surface area contributed by atoms with E-state index in [1.165, 1.54) is 89.9 Å². The highest BCUT2D eigenvalue weighted by molar-refractivity contribution is 5.72. The molecule has 2 bridgehead atoms. The zero-order valence-electron chi connectivity index (χ0n) is 17.5. The summed E-state index contributed by atoms with van der Waals surface area (Å²) in [4.78, 5) is 12.0. The summed E-state index contributed by atoms with van der Waals surface area (Å²) in [6.07, 6.45) is 22.3. The molecule has 0 aromatic heterocycles. The molecule has 0 atom stereocenters. The highest BCUT2D eigenvalue weighted by Gasteiger charge is 2.51. The van der Waals surface area contributed by atoms with Crippen molar-refractivity contribution in [3.8, 4) is 0 Å². The Labute approximate surface area is 161 Å². The lowest BCUT2D eigenvalue weighted by Crippen LogP contribution is -2.46. The van der Waals surface area contributed by atoms with Gasteiger partial charge in [-0.2, -0.15) is 0 Å². The second-order valence-corrected chi connectivity index (χ2v) is 9.83. The number of esters is 1. The van der Waals surface area contributed by atoms with Gasteiger partial charge in [0.2, 0.25) is 0 Å². The van der Waals surface area contributed by atoms with Gasteiger partial charge in [0.1, 0.15) is 0 Å². The van der Waals surface area contributed by atoms with Crippen molar-refractivity contribution in [3.63, 3.8) is 0 Å². The van der Waals surface area contributed by atoms with Crippen molar-refractivity contribution in [2.45, 2.75) is 117 Å². The highest BCUT2D eigenvalue weighted by Crippen LogP contribution is 2.63. The number of hydrogen-bond donors (Lipinski definition) is 0. The van der Waals surface area contributed by atoms with E-state index < -0.39 is 0 Å². The third-order valence-corrected chi connectivity index (χ3v) is 8.48. The largest absolute Gasteiger partial charge is 0.466 e. The minimum Gasteiger partial charge on any atom is -0.466 e. The average Bonchev–Trinajstić information content (AvgIpc) is 2.69. The van der Waals surface area contributed by atoms with Gasteiger partial charge in [-0.1, -0.05) is 39.0 Å². The van der Waals surface area contributed by atoms with Gasteiger partial charge in [-0.15, -0.1) is 0 Å². The summed E-state index contributed by atoms with van der Waals surface area (Å²) < 4.78 is 5.26. The molecule has 0 radical (unpaired) electrons. The molecule has 4 rings (SSSR count). The van der Waals surface area contributed by atoms with Crippen LogP contribution in [0, 0.1) is 22.7 Å². The predicted octanol–water partition coefficient (Wildman–Crippen LogP) is 7.06. The molecular weight excluding hydrogens is 320 g/mol. The third kappa shape index (κ3) is 4.47. The molecule has 2 heteroatoms. The van der Waals surface area contributed by atoms with Crippen LogP contribution in [0.2, 0.25) is 0 Å². The lowest BCUT2D eigenvalue weighted by Gasteiger charge is -2.58. The number of rotatable bonds is 9. The van der Waals surface area contributed by atoms with E-state index in [1.807, 2.05) is 6.92 Å². The topological polar surface area (TPSA) is 26.3 Å². The number of hydrogen-bond acceptors (Lipinski definition) is 2. The van der Waals surface area contributed by atoms with Crippen LogP contribution in [0.15, 0.2) is 0 Å².